The van der Waals surface area contributed by atoms with Crippen LogP contribution in [0.25, 0.3) is 0 Å². The Balaban J connectivity index is 1.60. The van der Waals surface area contributed by atoms with Crippen LogP contribution in [0.1, 0.15) is 50.1 Å². The molecule has 3 N–H and O–H groups in total. The van der Waals surface area contributed by atoms with Gasteiger partial charge >= 0.3 is 0 Å². The third-order valence-electron chi connectivity index (χ3n) is 4.71. The molecule has 2 aliphatic rings. The van der Waals surface area contributed by atoms with Gasteiger partial charge in [0.05, 0.1) is 6.04 Å². The van der Waals surface area contributed by atoms with Crippen LogP contribution in [0.3, 0.4) is 0 Å². The summed E-state index contributed by atoms with van der Waals surface area (Å²) in [4.78, 5) is 13.7. The van der Waals surface area contributed by atoms with Crippen molar-refractivity contribution in [1.29, 1.82) is 0 Å². The first kappa shape index (κ1) is 14.9. The van der Waals surface area contributed by atoms with Crippen LogP contribution in [-0.2, 0) is 4.79 Å². The van der Waals surface area contributed by atoms with Gasteiger partial charge in [-0.05, 0) is 36.8 Å². The van der Waals surface area contributed by atoms with E-state index in [1.807, 2.05) is 11.8 Å². The predicted octanol–water partition coefficient (Wildman–Crippen LogP) is 3.25. The quantitative estimate of drug-likeness (QED) is 0.901. The molecule has 3 rings (SSSR count). The molecule has 21 heavy (non-hydrogen) atoms. The Bertz CT molecular complexity index is 505. The summed E-state index contributed by atoms with van der Waals surface area (Å²) in [5.74, 6) is 1.61. The molecule has 0 spiro atoms. The van der Waals surface area contributed by atoms with Crippen molar-refractivity contribution in [2.75, 3.05) is 5.75 Å². The van der Waals surface area contributed by atoms with E-state index >= 15 is 0 Å². The van der Waals surface area contributed by atoms with E-state index < -0.39 is 0 Å². The van der Waals surface area contributed by atoms with E-state index in [-0.39, 0.29) is 18.0 Å². The molecule has 3 unspecified atom stereocenters. The maximum atomic E-state index is 12.4. The van der Waals surface area contributed by atoms with E-state index in [0.717, 1.165) is 25.0 Å². The minimum absolute atomic E-state index is 0.170. The van der Waals surface area contributed by atoms with Crippen molar-refractivity contribution in [3.8, 4) is 0 Å². The van der Waals surface area contributed by atoms with Crippen LogP contribution in [0.2, 0.25) is 0 Å². The minimum Gasteiger partial charge on any atom is -0.349 e. The van der Waals surface area contributed by atoms with Crippen LogP contribution >= 0.6 is 11.8 Å². The summed E-state index contributed by atoms with van der Waals surface area (Å²) in [7, 11) is 0. The van der Waals surface area contributed by atoms with Crippen molar-refractivity contribution < 1.29 is 4.79 Å². The van der Waals surface area contributed by atoms with Gasteiger partial charge in [-0.15, -0.1) is 11.8 Å². The van der Waals surface area contributed by atoms with Crippen LogP contribution in [0, 0.1) is 5.92 Å². The fraction of sp³-hybridized carbons (Fsp3) is 0.588. The highest BCUT2D eigenvalue weighted by Crippen LogP contribution is 2.36. The zero-order chi connectivity index (χ0) is 14.7. The number of nitrogens with two attached hydrogens (primary N) is 1. The summed E-state index contributed by atoms with van der Waals surface area (Å²) in [6.07, 6.45) is 6.21. The number of thioether (sulfide) groups is 1. The molecule has 0 aromatic heterocycles. The van der Waals surface area contributed by atoms with Gasteiger partial charge in [-0.1, -0.05) is 31.0 Å². The maximum absolute atomic E-state index is 12.4. The van der Waals surface area contributed by atoms with Crippen molar-refractivity contribution in [1.82, 2.24) is 5.32 Å². The summed E-state index contributed by atoms with van der Waals surface area (Å²) in [5, 5.41) is 3.24. The zero-order valence-electron chi connectivity index (χ0n) is 12.4. The third kappa shape index (κ3) is 3.61. The number of nitrogens with one attached hydrogen (secondary N) is 1. The number of carbonyl (C=O) groups excluding carboxylic acids is 1. The second-order valence-electron chi connectivity index (χ2n) is 6.21. The third-order valence-corrected chi connectivity index (χ3v) is 5.83. The summed E-state index contributed by atoms with van der Waals surface area (Å²) >= 11 is 1.88. The number of hydrogen-bond donors (Lipinski definition) is 2. The molecule has 4 heteroatoms. The van der Waals surface area contributed by atoms with Gasteiger partial charge in [-0.2, -0.15) is 0 Å². The number of fused-ring (bicyclic) bond motifs is 1. The number of carbonyl (C=O) groups is 1. The van der Waals surface area contributed by atoms with Crippen molar-refractivity contribution >= 4 is 17.7 Å². The number of benzene rings is 1. The normalized spacial score (nSPS) is 28.7. The molecule has 0 bridgehead atoms. The molecule has 0 radical (unpaired) electrons. The topological polar surface area (TPSA) is 55.1 Å². The fourth-order valence-corrected chi connectivity index (χ4v) is 4.60. The first-order chi connectivity index (χ1) is 10.2. The largest absolute Gasteiger partial charge is 0.349 e. The highest BCUT2D eigenvalue weighted by molar-refractivity contribution is 7.99. The lowest BCUT2D eigenvalue weighted by Gasteiger charge is -2.30. The molecule has 114 valence electrons. The minimum atomic E-state index is 0.170. The van der Waals surface area contributed by atoms with Crippen LogP contribution in [0.15, 0.2) is 29.2 Å². The molecule has 1 aliphatic carbocycles. The highest BCUT2D eigenvalue weighted by atomic mass is 32.2. The number of hydrogen-bond acceptors (Lipinski definition) is 3. The van der Waals surface area contributed by atoms with Crippen LogP contribution in [-0.4, -0.2) is 17.7 Å². The molecule has 1 fully saturated rings. The zero-order valence-corrected chi connectivity index (χ0v) is 13.2. The van der Waals surface area contributed by atoms with E-state index in [4.69, 9.17) is 5.73 Å². The predicted molar refractivity (Wildman–Crippen MR) is 87.2 cm³/mol. The Morgan fingerprint density at radius 3 is 2.90 bits per heavy atom. The fourth-order valence-electron chi connectivity index (χ4n) is 3.47. The molecule has 3 atom stereocenters. The smallest absolute Gasteiger partial charge is 0.220 e. The Morgan fingerprint density at radius 1 is 1.24 bits per heavy atom. The first-order valence-electron chi connectivity index (χ1n) is 8.00. The van der Waals surface area contributed by atoms with E-state index in [1.165, 1.54) is 23.3 Å². The van der Waals surface area contributed by atoms with Crippen molar-refractivity contribution in [2.24, 2.45) is 11.7 Å². The molecular formula is C17H24N2OS. The Hall–Kier alpha value is -1.00. The van der Waals surface area contributed by atoms with Crippen molar-refractivity contribution in [3.63, 3.8) is 0 Å². The standard InChI is InChI=1S/C17H24N2OS/c18-14-7-3-1-5-12(14)11-17(20)19-15-9-10-21-16-8-4-2-6-13(15)16/h2,4,6,8,12,14-15H,1,3,5,7,9-11,18H2,(H,19,20). The highest BCUT2D eigenvalue weighted by Gasteiger charge is 2.26. The van der Waals surface area contributed by atoms with Gasteiger partial charge in [-0.3, -0.25) is 4.79 Å². The van der Waals surface area contributed by atoms with Crippen LogP contribution in [0.4, 0.5) is 0 Å². The summed E-state index contributed by atoms with van der Waals surface area (Å²) < 4.78 is 0. The van der Waals surface area contributed by atoms with Gasteiger partial charge in [0.1, 0.15) is 0 Å². The van der Waals surface area contributed by atoms with Gasteiger partial charge in [0.25, 0.3) is 0 Å². The van der Waals surface area contributed by atoms with E-state index in [9.17, 15) is 4.79 Å². The number of rotatable bonds is 3. The summed E-state index contributed by atoms with van der Waals surface area (Å²) in [6, 6.07) is 8.79. The molecule has 0 saturated heterocycles. The number of amides is 1. The molecule has 1 aromatic rings. The van der Waals surface area contributed by atoms with Crippen molar-refractivity contribution in [2.45, 2.75) is 55.5 Å². The maximum Gasteiger partial charge on any atom is 0.220 e. The van der Waals surface area contributed by atoms with E-state index in [2.05, 4.69) is 29.6 Å². The summed E-state index contributed by atoms with van der Waals surface area (Å²) in [5.41, 5.74) is 7.43. The molecule has 1 saturated carbocycles. The lowest BCUT2D eigenvalue weighted by Crippen LogP contribution is -2.38. The Kier molecular flexibility index (Phi) is 4.86. The van der Waals surface area contributed by atoms with Crippen molar-refractivity contribution in [3.05, 3.63) is 29.8 Å². The van der Waals surface area contributed by atoms with Gasteiger partial charge in [0.15, 0.2) is 0 Å². The van der Waals surface area contributed by atoms with Crippen LogP contribution in [0.5, 0.6) is 0 Å². The van der Waals surface area contributed by atoms with Gasteiger partial charge in [0, 0.05) is 23.1 Å². The molecule has 1 aliphatic heterocycles. The Morgan fingerprint density at radius 2 is 2.05 bits per heavy atom. The van der Waals surface area contributed by atoms with Crippen LogP contribution < -0.4 is 11.1 Å². The van der Waals surface area contributed by atoms with Gasteiger partial charge < -0.3 is 11.1 Å². The monoisotopic (exact) mass is 304 g/mol. The lowest BCUT2D eigenvalue weighted by molar-refractivity contribution is -0.123. The molecule has 1 heterocycles. The first-order valence-corrected chi connectivity index (χ1v) is 8.99. The average molecular weight is 304 g/mol. The van der Waals surface area contributed by atoms with E-state index in [0.29, 0.717) is 12.3 Å². The van der Waals surface area contributed by atoms with E-state index in [1.54, 1.807) is 0 Å². The molecular weight excluding hydrogens is 280 g/mol. The average Bonchev–Trinajstić information content (AvgIpc) is 2.50. The SMILES string of the molecule is NC1CCCCC1CC(=O)NC1CCSc2ccccc21. The second kappa shape index (κ2) is 6.84. The summed E-state index contributed by atoms with van der Waals surface area (Å²) in [6.45, 7) is 0. The lowest BCUT2D eigenvalue weighted by atomic mass is 9.83. The Labute approximate surface area is 131 Å². The van der Waals surface area contributed by atoms with Gasteiger partial charge in [-0.25, -0.2) is 0 Å². The second-order valence-corrected chi connectivity index (χ2v) is 7.34. The molecule has 3 nitrogen and oxygen atoms in total. The molecule has 1 amide bonds. The molecule has 1 aromatic carbocycles. The van der Waals surface area contributed by atoms with Gasteiger partial charge in [0.2, 0.25) is 5.91 Å².